The molecule has 1 atom stereocenters. The van der Waals surface area contributed by atoms with Crippen molar-refractivity contribution in [2.75, 3.05) is 19.8 Å². The van der Waals surface area contributed by atoms with E-state index in [9.17, 15) is 4.79 Å². The van der Waals surface area contributed by atoms with Crippen LogP contribution in [-0.2, 0) is 4.74 Å². The number of ether oxygens (including phenoxy) is 2. The van der Waals surface area contributed by atoms with Crippen molar-refractivity contribution in [2.45, 2.75) is 38.3 Å². The second-order valence-corrected chi connectivity index (χ2v) is 5.83. The maximum absolute atomic E-state index is 12.0. The van der Waals surface area contributed by atoms with Gasteiger partial charge in [-0.25, -0.2) is 4.98 Å². The number of rotatable bonds is 6. The van der Waals surface area contributed by atoms with Crippen LogP contribution in [-0.4, -0.2) is 47.5 Å². The van der Waals surface area contributed by atoms with Gasteiger partial charge in [0.2, 0.25) is 5.88 Å². The van der Waals surface area contributed by atoms with E-state index in [2.05, 4.69) is 10.3 Å². The summed E-state index contributed by atoms with van der Waals surface area (Å²) < 4.78 is 11.0. The molecular weight excluding hydrogens is 272 g/mol. The molecule has 2 rings (SSSR count). The maximum Gasteiger partial charge on any atom is 0.253 e. The van der Waals surface area contributed by atoms with Crippen molar-refractivity contribution in [2.24, 2.45) is 0 Å². The van der Waals surface area contributed by atoms with Crippen molar-refractivity contribution in [3.05, 3.63) is 23.9 Å². The highest BCUT2D eigenvalue weighted by Crippen LogP contribution is 2.14. The molecule has 6 heteroatoms. The Kier molecular flexibility index (Phi) is 5.14. The van der Waals surface area contributed by atoms with Crippen molar-refractivity contribution >= 4 is 5.91 Å². The molecule has 1 saturated heterocycles. The van der Waals surface area contributed by atoms with Crippen LogP contribution in [0.2, 0.25) is 0 Å². The summed E-state index contributed by atoms with van der Waals surface area (Å²) in [6.45, 7) is 4.64. The highest BCUT2D eigenvalue weighted by Gasteiger charge is 2.20. The second kappa shape index (κ2) is 6.87. The Bertz CT molecular complexity index is 467. The molecular formula is C15H22N2O4. The fourth-order valence-corrected chi connectivity index (χ4v) is 1.97. The molecule has 1 aliphatic rings. The van der Waals surface area contributed by atoms with Crippen LogP contribution in [0, 0.1) is 0 Å². The minimum atomic E-state index is -0.661. The van der Waals surface area contributed by atoms with Gasteiger partial charge in [0.25, 0.3) is 5.91 Å². The van der Waals surface area contributed by atoms with Gasteiger partial charge in [-0.3, -0.25) is 4.79 Å². The van der Waals surface area contributed by atoms with Gasteiger partial charge in [-0.1, -0.05) is 0 Å². The minimum Gasteiger partial charge on any atom is -0.475 e. The Morgan fingerprint density at radius 2 is 2.38 bits per heavy atom. The SMILES string of the molecule is CC(C)(CO)NC(=O)c1ccc(OCC2CCCO2)nc1. The molecule has 116 valence electrons. The van der Waals surface area contributed by atoms with E-state index in [-0.39, 0.29) is 18.6 Å². The van der Waals surface area contributed by atoms with E-state index in [0.717, 1.165) is 19.4 Å². The molecule has 0 saturated carbocycles. The topological polar surface area (TPSA) is 80.7 Å². The molecule has 1 aliphatic heterocycles. The van der Waals surface area contributed by atoms with Crippen LogP contribution in [0.1, 0.15) is 37.0 Å². The van der Waals surface area contributed by atoms with Crippen LogP contribution < -0.4 is 10.1 Å². The van der Waals surface area contributed by atoms with E-state index in [1.807, 2.05) is 0 Å². The molecule has 6 nitrogen and oxygen atoms in total. The lowest BCUT2D eigenvalue weighted by Crippen LogP contribution is -2.46. The molecule has 2 N–H and O–H groups in total. The molecule has 0 radical (unpaired) electrons. The van der Waals surface area contributed by atoms with Gasteiger partial charge in [-0.05, 0) is 32.8 Å². The molecule has 1 unspecified atom stereocenters. The van der Waals surface area contributed by atoms with Gasteiger partial charge < -0.3 is 19.9 Å². The fraction of sp³-hybridized carbons (Fsp3) is 0.600. The summed E-state index contributed by atoms with van der Waals surface area (Å²) >= 11 is 0. The summed E-state index contributed by atoms with van der Waals surface area (Å²) in [6, 6.07) is 3.32. The Morgan fingerprint density at radius 3 is 2.95 bits per heavy atom. The zero-order chi connectivity index (χ0) is 15.3. The lowest BCUT2D eigenvalue weighted by Gasteiger charge is -2.23. The smallest absolute Gasteiger partial charge is 0.253 e. The van der Waals surface area contributed by atoms with Gasteiger partial charge in [0, 0.05) is 18.9 Å². The maximum atomic E-state index is 12.0. The third-order valence-electron chi connectivity index (χ3n) is 3.29. The number of aliphatic hydroxyl groups excluding tert-OH is 1. The van der Waals surface area contributed by atoms with Crippen molar-refractivity contribution in [1.29, 1.82) is 0 Å². The van der Waals surface area contributed by atoms with Crippen molar-refractivity contribution in [3.63, 3.8) is 0 Å². The molecule has 2 heterocycles. The van der Waals surface area contributed by atoms with Crippen LogP contribution in [0.3, 0.4) is 0 Å². The summed E-state index contributed by atoms with van der Waals surface area (Å²) in [4.78, 5) is 16.1. The van der Waals surface area contributed by atoms with Gasteiger partial charge >= 0.3 is 0 Å². The van der Waals surface area contributed by atoms with E-state index in [0.29, 0.717) is 18.1 Å². The normalized spacial score (nSPS) is 18.5. The molecule has 1 aromatic rings. The van der Waals surface area contributed by atoms with Crippen LogP contribution in [0.4, 0.5) is 0 Å². The summed E-state index contributed by atoms with van der Waals surface area (Å²) in [5, 5.41) is 11.9. The van der Waals surface area contributed by atoms with E-state index in [4.69, 9.17) is 14.6 Å². The average molecular weight is 294 g/mol. The quantitative estimate of drug-likeness (QED) is 0.822. The Labute approximate surface area is 124 Å². The Hall–Kier alpha value is -1.66. The molecule has 1 amide bonds. The predicted molar refractivity (Wildman–Crippen MR) is 77.3 cm³/mol. The number of carbonyl (C=O) groups excluding carboxylic acids is 1. The van der Waals surface area contributed by atoms with Gasteiger partial charge in [-0.15, -0.1) is 0 Å². The first-order chi connectivity index (χ1) is 10.00. The van der Waals surface area contributed by atoms with E-state index >= 15 is 0 Å². The van der Waals surface area contributed by atoms with E-state index < -0.39 is 5.54 Å². The summed E-state index contributed by atoms with van der Waals surface area (Å²) in [5.74, 6) is 0.204. The van der Waals surface area contributed by atoms with Gasteiger partial charge in [0.1, 0.15) is 6.61 Å². The number of hydrogen-bond acceptors (Lipinski definition) is 5. The lowest BCUT2D eigenvalue weighted by molar-refractivity contribution is 0.0663. The molecule has 0 aliphatic carbocycles. The van der Waals surface area contributed by atoms with Crippen LogP contribution >= 0.6 is 0 Å². The largest absolute Gasteiger partial charge is 0.475 e. The van der Waals surface area contributed by atoms with Gasteiger partial charge in [0.15, 0.2) is 0 Å². The Balaban J connectivity index is 1.87. The molecule has 0 spiro atoms. The molecule has 1 aromatic heterocycles. The number of aliphatic hydroxyl groups is 1. The number of nitrogens with one attached hydrogen (secondary N) is 1. The number of hydrogen-bond donors (Lipinski definition) is 2. The zero-order valence-electron chi connectivity index (χ0n) is 12.5. The number of nitrogens with zero attached hydrogens (tertiary/aromatic N) is 1. The average Bonchev–Trinajstić information content (AvgIpc) is 2.98. The first-order valence-electron chi connectivity index (χ1n) is 7.14. The highest BCUT2D eigenvalue weighted by molar-refractivity contribution is 5.94. The Morgan fingerprint density at radius 1 is 1.57 bits per heavy atom. The van der Waals surface area contributed by atoms with Crippen LogP contribution in [0.25, 0.3) is 0 Å². The molecule has 0 aromatic carbocycles. The van der Waals surface area contributed by atoms with Gasteiger partial charge in [0.05, 0.1) is 23.8 Å². The first kappa shape index (κ1) is 15.7. The predicted octanol–water partition coefficient (Wildman–Crippen LogP) is 1.14. The summed E-state index contributed by atoms with van der Waals surface area (Å²) in [5.41, 5.74) is -0.229. The monoisotopic (exact) mass is 294 g/mol. The fourth-order valence-electron chi connectivity index (χ4n) is 1.97. The number of aromatic nitrogens is 1. The number of pyridine rings is 1. The van der Waals surface area contributed by atoms with E-state index in [1.54, 1.807) is 26.0 Å². The van der Waals surface area contributed by atoms with Crippen molar-refractivity contribution < 1.29 is 19.4 Å². The number of carbonyl (C=O) groups is 1. The summed E-state index contributed by atoms with van der Waals surface area (Å²) in [7, 11) is 0. The van der Waals surface area contributed by atoms with Gasteiger partial charge in [-0.2, -0.15) is 0 Å². The van der Waals surface area contributed by atoms with Crippen molar-refractivity contribution in [3.8, 4) is 5.88 Å². The highest BCUT2D eigenvalue weighted by atomic mass is 16.5. The molecule has 21 heavy (non-hydrogen) atoms. The first-order valence-corrected chi connectivity index (χ1v) is 7.14. The summed E-state index contributed by atoms with van der Waals surface area (Å²) in [6.07, 6.45) is 3.69. The number of amides is 1. The molecule has 1 fully saturated rings. The molecule has 0 bridgehead atoms. The standard InChI is InChI=1S/C15H22N2O4/c1-15(2,10-18)17-14(19)11-5-6-13(16-8-11)21-9-12-4-3-7-20-12/h5-6,8,12,18H,3-4,7,9-10H2,1-2H3,(H,17,19). The van der Waals surface area contributed by atoms with E-state index in [1.165, 1.54) is 6.20 Å². The minimum absolute atomic E-state index is 0.130. The third-order valence-corrected chi connectivity index (χ3v) is 3.29. The third kappa shape index (κ3) is 4.68. The van der Waals surface area contributed by atoms with Crippen molar-refractivity contribution in [1.82, 2.24) is 10.3 Å². The second-order valence-electron chi connectivity index (χ2n) is 5.83. The van der Waals surface area contributed by atoms with Crippen LogP contribution in [0.5, 0.6) is 5.88 Å². The zero-order valence-corrected chi connectivity index (χ0v) is 12.5. The lowest BCUT2D eigenvalue weighted by atomic mass is 10.1. The van der Waals surface area contributed by atoms with Crippen LogP contribution in [0.15, 0.2) is 18.3 Å².